The Morgan fingerprint density at radius 2 is 1.81 bits per heavy atom. The lowest BCUT2D eigenvalue weighted by atomic mass is 10.0. The second-order valence-corrected chi connectivity index (χ2v) is 13.8. The SMILES string of the molecule is CCC(=Cc1oc2ccccc2[n+]1CS(=O)(=O)O)C=C1Oc2cc(OC)c(OC)cc2N1CC(=O)NCCc1ccc2c(c1)c(C(O)C(=O)O)cn2C. The fourth-order valence-electron chi connectivity index (χ4n) is 6.24. The molecule has 16 heteroatoms. The monoisotopic (exact) mass is 747 g/mol. The fraction of sp³-hybridized carbons (Fsp3) is 0.270. The minimum Gasteiger partial charge on any atom is -0.493 e. The van der Waals surface area contributed by atoms with E-state index in [1.54, 1.807) is 71.3 Å². The Hall–Kier alpha value is -5.84. The number of nitrogens with one attached hydrogen (secondary N) is 1. The van der Waals surface area contributed by atoms with Crippen LogP contribution in [0.25, 0.3) is 28.1 Å². The molecule has 2 aromatic heterocycles. The lowest BCUT2D eigenvalue weighted by Gasteiger charge is -2.19. The first-order valence-corrected chi connectivity index (χ1v) is 18.2. The average molecular weight is 748 g/mol. The maximum absolute atomic E-state index is 13.5. The van der Waals surface area contributed by atoms with Gasteiger partial charge >= 0.3 is 22.0 Å². The van der Waals surface area contributed by atoms with Gasteiger partial charge in [0.15, 0.2) is 23.4 Å². The predicted octanol–water partition coefficient (Wildman–Crippen LogP) is 4.09. The summed E-state index contributed by atoms with van der Waals surface area (Å²) < 4.78 is 59.9. The highest BCUT2D eigenvalue weighted by Gasteiger charge is 2.31. The number of allylic oxidation sites excluding steroid dienone is 2. The van der Waals surface area contributed by atoms with Crippen LogP contribution < -0.4 is 29.0 Å². The molecule has 1 aliphatic rings. The van der Waals surface area contributed by atoms with Gasteiger partial charge in [0, 0.05) is 60.5 Å². The molecular formula is C37H39N4O11S+. The van der Waals surface area contributed by atoms with Crippen molar-refractivity contribution < 1.29 is 56.0 Å². The number of methoxy groups -OCH3 is 2. The number of aliphatic carboxylic acids is 1. The number of aliphatic hydroxyl groups is 1. The number of hydrogen-bond donors (Lipinski definition) is 4. The summed E-state index contributed by atoms with van der Waals surface area (Å²) in [6.45, 7) is 2.01. The predicted molar refractivity (Wildman–Crippen MR) is 194 cm³/mol. The van der Waals surface area contributed by atoms with Gasteiger partial charge in [-0.2, -0.15) is 8.42 Å². The zero-order chi connectivity index (χ0) is 38.0. The van der Waals surface area contributed by atoms with Crippen LogP contribution in [0, 0.1) is 0 Å². The highest BCUT2D eigenvalue weighted by atomic mass is 32.2. The maximum atomic E-state index is 13.5. The van der Waals surface area contributed by atoms with Crippen molar-refractivity contribution in [2.24, 2.45) is 7.05 Å². The first-order chi connectivity index (χ1) is 25.3. The summed E-state index contributed by atoms with van der Waals surface area (Å²) in [5, 5.41) is 23.1. The summed E-state index contributed by atoms with van der Waals surface area (Å²) in [5.74, 6) is -0.649. The number of carbonyl (C=O) groups excluding carboxylic acids is 1. The van der Waals surface area contributed by atoms with Crippen LogP contribution in [0.5, 0.6) is 17.2 Å². The third-order valence-corrected chi connectivity index (χ3v) is 9.43. The number of para-hydroxylation sites is 2. The number of fused-ring (bicyclic) bond motifs is 3. The maximum Gasteiger partial charge on any atom is 0.375 e. The van der Waals surface area contributed by atoms with Gasteiger partial charge < -0.3 is 38.7 Å². The minimum atomic E-state index is -4.42. The Bertz CT molecular complexity index is 2390. The summed E-state index contributed by atoms with van der Waals surface area (Å²) in [6.07, 6.45) is 4.18. The molecule has 15 nitrogen and oxygen atoms in total. The van der Waals surface area contributed by atoms with E-state index in [1.165, 1.54) is 18.8 Å². The molecule has 1 atom stereocenters. The van der Waals surface area contributed by atoms with E-state index in [-0.39, 0.29) is 30.5 Å². The third-order valence-electron chi connectivity index (χ3n) is 8.84. The van der Waals surface area contributed by atoms with Crippen molar-refractivity contribution in [2.45, 2.75) is 31.7 Å². The molecule has 0 fully saturated rings. The molecule has 53 heavy (non-hydrogen) atoms. The number of ether oxygens (including phenoxy) is 3. The second kappa shape index (κ2) is 15.0. The normalized spacial score (nSPS) is 14.4. The van der Waals surface area contributed by atoms with Crippen molar-refractivity contribution in [2.75, 3.05) is 32.2 Å². The van der Waals surface area contributed by atoms with Crippen LogP contribution in [0.3, 0.4) is 0 Å². The van der Waals surface area contributed by atoms with Crippen molar-refractivity contribution in [3.63, 3.8) is 0 Å². The number of rotatable bonds is 14. The lowest BCUT2D eigenvalue weighted by molar-refractivity contribution is -0.658. The van der Waals surface area contributed by atoms with Crippen molar-refractivity contribution in [3.8, 4) is 17.2 Å². The van der Waals surface area contributed by atoms with E-state index >= 15 is 0 Å². The second-order valence-electron chi connectivity index (χ2n) is 12.4. The molecule has 3 heterocycles. The Labute approximate surface area is 304 Å². The van der Waals surface area contributed by atoms with E-state index in [2.05, 4.69) is 5.32 Å². The van der Waals surface area contributed by atoms with Gasteiger partial charge in [0.25, 0.3) is 11.4 Å². The molecule has 0 radical (unpaired) electrons. The zero-order valence-corrected chi connectivity index (χ0v) is 30.2. The summed E-state index contributed by atoms with van der Waals surface area (Å²) >= 11 is 0. The number of aromatic nitrogens is 2. The Balaban J connectivity index is 1.27. The molecule has 1 amide bonds. The minimum absolute atomic E-state index is 0.147. The van der Waals surface area contributed by atoms with E-state index in [9.17, 15) is 32.8 Å². The lowest BCUT2D eigenvalue weighted by Crippen LogP contribution is -2.39. The number of aliphatic hydroxyl groups excluding tert-OH is 1. The molecule has 3 aromatic carbocycles. The average Bonchev–Trinajstić information content (AvgIpc) is 3.75. The van der Waals surface area contributed by atoms with Crippen LogP contribution in [-0.2, 0) is 39.1 Å². The van der Waals surface area contributed by atoms with Gasteiger partial charge in [-0.1, -0.05) is 25.1 Å². The molecule has 0 saturated carbocycles. The number of amides is 1. The van der Waals surface area contributed by atoms with E-state index < -0.39 is 28.1 Å². The largest absolute Gasteiger partial charge is 0.493 e. The molecule has 5 aromatic rings. The van der Waals surface area contributed by atoms with E-state index in [0.717, 1.165) is 11.1 Å². The topological polar surface area (TPSA) is 194 Å². The van der Waals surface area contributed by atoms with E-state index in [0.29, 0.717) is 63.7 Å². The van der Waals surface area contributed by atoms with Crippen molar-refractivity contribution in [3.05, 3.63) is 95.3 Å². The third kappa shape index (κ3) is 7.84. The van der Waals surface area contributed by atoms with Crippen LogP contribution in [0.15, 0.2) is 82.7 Å². The van der Waals surface area contributed by atoms with Crippen molar-refractivity contribution in [1.82, 2.24) is 9.88 Å². The molecule has 4 N–H and O–H groups in total. The number of carbonyl (C=O) groups is 2. The molecule has 1 unspecified atom stereocenters. The van der Waals surface area contributed by atoms with E-state index in [4.69, 9.17) is 18.6 Å². The summed E-state index contributed by atoms with van der Waals surface area (Å²) in [4.78, 5) is 26.6. The summed E-state index contributed by atoms with van der Waals surface area (Å²) in [7, 11) is 0.353. The summed E-state index contributed by atoms with van der Waals surface area (Å²) in [6, 6.07) is 15.8. The number of carboxylic acids is 1. The molecule has 0 bridgehead atoms. The van der Waals surface area contributed by atoms with Gasteiger partial charge in [-0.05, 0) is 42.2 Å². The number of oxazole rings is 1. The van der Waals surface area contributed by atoms with Crippen LogP contribution in [0.4, 0.5) is 5.69 Å². The van der Waals surface area contributed by atoms with Crippen molar-refractivity contribution >= 4 is 55.8 Å². The quantitative estimate of drug-likeness (QED) is 0.0941. The van der Waals surface area contributed by atoms with Gasteiger partial charge in [-0.3, -0.25) is 14.2 Å². The standard InChI is InChI=1S/C37H38N4O11S/c1-5-22(16-35-41(21-53(46,47)48)27-8-6-7-9-29(27)51-35)15-34-40(28-17-31(49-3)32(50-4)18-30(28)52-34)20-33(42)38-13-12-23-10-11-26-24(14-23)25(19-39(26)2)36(43)37(44)45/h6-11,14-19,36,43H,5,12-13,20-21H2,1-4H3,(H2-,38,42,44,45,46,47,48)/p+1. The Morgan fingerprint density at radius 3 is 2.51 bits per heavy atom. The number of hydrogen-bond acceptors (Lipinski definition) is 10. The van der Waals surface area contributed by atoms with Gasteiger partial charge in [0.05, 0.1) is 26.0 Å². The van der Waals surface area contributed by atoms with Gasteiger partial charge in [-0.15, -0.1) is 4.57 Å². The van der Waals surface area contributed by atoms with Gasteiger partial charge in [0.1, 0.15) is 6.54 Å². The van der Waals surface area contributed by atoms with Crippen LogP contribution in [-0.4, -0.2) is 66.9 Å². The van der Waals surface area contributed by atoms with Crippen LogP contribution in [0.1, 0.15) is 36.5 Å². The first kappa shape index (κ1) is 36.9. The fourth-order valence-corrected chi connectivity index (χ4v) is 6.83. The molecule has 6 rings (SSSR count). The highest BCUT2D eigenvalue weighted by Crippen LogP contribution is 2.46. The molecule has 0 spiro atoms. The Morgan fingerprint density at radius 1 is 1.08 bits per heavy atom. The van der Waals surface area contributed by atoms with Gasteiger partial charge in [0.2, 0.25) is 17.4 Å². The first-order valence-electron chi connectivity index (χ1n) is 16.6. The molecule has 278 valence electrons. The smallest absolute Gasteiger partial charge is 0.375 e. The van der Waals surface area contributed by atoms with Crippen LogP contribution in [0.2, 0.25) is 0 Å². The summed E-state index contributed by atoms with van der Waals surface area (Å²) in [5.41, 5.74) is 3.99. The number of aryl methyl sites for hydroxylation is 1. The van der Waals surface area contributed by atoms with E-state index in [1.807, 2.05) is 25.1 Å². The Kier molecular flexibility index (Phi) is 10.5. The number of nitrogens with zero attached hydrogens (tertiary/aromatic N) is 3. The zero-order valence-electron chi connectivity index (χ0n) is 29.4. The number of benzene rings is 3. The molecule has 1 aliphatic heterocycles. The van der Waals surface area contributed by atoms with Crippen LogP contribution >= 0.6 is 0 Å². The molecule has 0 saturated heterocycles. The molecular weight excluding hydrogens is 708 g/mol. The van der Waals surface area contributed by atoms with Gasteiger partial charge in [-0.25, -0.2) is 4.79 Å². The van der Waals surface area contributed by atoms with Crippen molar-refractivity contribution in [1.29, 1.82) is 0 Å². The highest BCUT2D eigenvalue weighted by molar-refractivity contribution is 7.84. The number of carboxylic acid groups (broad SMARTS) is 1. The number of anilines is 1. The molecule has 0 aliphatic carbocycles.